The molecule has 3 rings (SSSR count). The molecule has 6 nitrogen and oxygen atoms in total. The second kappa shape index (κ2) is 5.32. The van der Waals surface area contributed by atoms with Crippen molar-refractivity contribution in [2.45, 2.75) is 13.5 Å². The number of aliphatic imine (C=N–C) groups is 1. The highest BCUT2D eigenvalue weighted by molar-refractivity contribution is 6.23. The molecule has 0 fully saturated rings. The van der Waals surface area contributed by atoms with Crippen LogP contribution in [0.3, 0.4) is 0 Å². The molecule has 0 saturated heterocycles. The van der Waals surface area contributed by atoms with Crippen LogP contribution in [0.4, 0.5) is 5.69 Å². The van der Waals surface area contributed by atoms with Gasteiger partial charge in [0, 0.05) is 17.8 Å². The molecule has 6 heteroatoms. The van der Waals surface area contributed by atoms with Gasteiger partial charge in [-0.2, -0.15) is 0 Å². The summed E-state index contributed by atoms with van der Waals surface area (Å²) in [5, 5.41) is 6.45. The molecule has 0 radical (unpaired) electrons. The van der Waals surface area contributed by atoms with E-state index in [1.807, 2.05) is 0 Å². The SMILES string of the molecule is Cc1cc(CNC(=O)C2C=Nc3ccccc3C2=O)no1. The fourth-order valence-electron chi connectivity index (χ4n) is 2.16. The van der Waals surface area contributed by atoms with Gasteiger partial charge in [0.1, 0.15) is 17.4 Å². The molecular weight excluding hydrogens is 270 g/mol. The fraction of sp³-hybridized carbons (Fsp3) is 0.200. The maximum Gasteiger partial charge on any atom is 0.236 e. The third kappa shape index (κ3) is 2.60. The topological polar surface area (TPSA) is 84.6 Å². The number of ketones is 1. The molecule has 2 heterocycles. The van der Waals surface area contributed by atoms with Crippen molar-refractivity contribution >= 4 is 23.6 Å². The monoisotopic (exact) mass is 283 g/mol. The van der Waals surface area contributed by atoms with Gasteiger partial charge < -0.3 is 9.84 Å². The predicted molar refractivity (Wildman–Crippen MR) is 75.5 cm³/mol. The molecular formula is C15H13N3O3. The van der Waals surface area contributed by atoms with Crippen molar-refractivity contribution in [2.24, 2.45) is 10.9 Å². The number of hydrogen-bond acceptors (Lipinski definition) is 5. The second-order valence-electron chi connectivity index (χ2n) is 4.78. The van der Waals surface area contributed by atoms with Crippen LogP contribution in [0.1, 0.15) is 21.8 Å². The van der Waals surface area contributed by atoms with E-state index < -0.39 is 5.92 Å². The molecule has 1 aromatic carbocycles. The van der Waals surface area contributed by atoms with Crippen LogP contribution in [0.15, 0.2) is 39.8 Å². The Morgan fingerprint density at radius 1 is 1.38 bits per heavy atom. The summed E-state index contributed by atoms with van der Waals surface area (Å²) in [6, 6.07) is 8.71. The summed E-state index contributed by atoms with van der Waals surface area (Å²) >= 11 is 0. The Kier molecular flexibility index (Phi) is 3.35. The number of rotatable bonds is 3. The average molecular weight is 283 g/mol. The Morgan fingerprint density at radius 3 is 2.95 bits per heavy atom. The lowest BCUT2D eigenvalue weighted by Crippen LogP contribution is -2.37. The number of nitrogens with one attached hydrogen (secondary N) is 1. The highest BCUT2D eigenvalue weighted by atomic mass is 16.5. The zero-order chi connectivity index (χ0) is 14.8. The first kappa shape index (κ1) is 13.2. The lowest BCUT2D eigenvalue weighted by atomic mass is 9.94. The molecule has 1 aromatic heterocycles. The quantitative estimate of drug-likeness (QED) is 0.871. The Balaban J connectivity index is 1.70. The molecule has 1 amide bonds. The number of benzene rings is 1. The Morgan fingerprint density at radius 2 is 2.19 bits per heavy atom. The summed E-state index contributed by atoms with van der Waals surface area (Å²) in [6.07, 6.45) is 1.38. The van der Waals surface area contributed by atoms with Gasteiger partial charge in [-0.25, -0.2) is 0 Å². The summed E-state index contributed by atoms with van der Waals surface area (Å²) in [6.45, 7) is 1.99. The summed E-state index contributed by atoms with van der Waals surface area (Å²) in [4.78, 5) is 28.6. The van der Waals surface area contributed by atoms with Gasteiger partial charge >= 0.3 is 0 Å². The molecule has 1 aliphatic heterocycles. The van der Waals surface area contributed by atoms with Gasteiger partial charge in [0.15, 0.2) is 5.78 Å². The van der Waals surface area contributed by atoms with E-state index in [0.717, 1.165) is 0 Å². The van der Waals surface area contributed by atoms with Gasteiger partial charge in [0.25, 0.3) is 0 Å². The van der Waals surface area contributed by atoms with Gasteiger partial charge in [-0.3, -0.25) is 14.6 Å². The molecule has 1 N–H and O–H groups in total. The van der Waals surface area contributed by atoms with E-state index in [-0.39, 0.29) is 18.2 Å². The van der Waals surface area contributed by atoms with Crippen LogP contribution in [0.25, 0.3) is 0 Å². The molecule has 1 unspecified atom stereocenters. The first-order chi connectivity index (χ1) is 10.1. The first-order valence-corrected chi connectivity index (χ1v) is 6.52. The lowest BCUT2D eigenvalue weighted by molar-refractivity contribution is -0.122. The Hall–Kier alpha value is -2.76. The number of carbonyl (C=O) groups is 2. The fourth-order valence-corrected chi connectivity index (χ4v) is 2.16. The number of aryl methyl sites for hydroxylation is 1. The standard InChI is InChI=1S/C15H13N3O3/c1-9-6-10(18-21-9)7-17-15(20)12-8-16-13-5-3-2-4-11(13)14(12)19/h2-6,8,12H,7H2,1H3,(H,17,20). The van der Waals surface area contributed by atoms with E-state index in [4.69, 9.17) is 4.52 Å². The van der Waals surface area contributed by atoms with E-state index in [2.05, 4.69) is 15.5 Å². The lowest BCUT2D eigenvalue weighted by Gasteiger charge is -2.16. The number of hydrogen-bond donors (Lipinski definition) is 1. The van der Waals surface area contributed by atoms with E-state index in [9.17, 15) is 9.59 Å². The van der Waals surface area contributed by atoms with Crippen molar-refractivity contribution in [2.75, 3.05) is 0 Å². The minimum atomic E-state index is -0.895. The molecule has 0 bridgehead atoms. The smallest absolute Gasteiger partial charge is 0.236 e. The maximum atomic E-state index is 12.3. The summed E-state index contributed by atoms with van der Waals surface area (Å²) in [5.74, 6) is -0.857. The van der Waals surface area contributed by atoms with Crippen LogP contribution in [0.2, 0.25) is 0 Å². The van der Waals surface area contributed by atoms with Crippen molar-refractivity contribution in [1.29, 1.82) is 0 Å². The molecule has 106 valence electrons. The van der Waals surface area contributed by atoms with E-state index in [0.29, 0.717) is 22.7 Å². The van der Waals surface area contributed by atoms with Crippen molar-refractivity contribution in [3.05, 3.63) is 47.3 Å². The number of Topliss-reactive ketones (excluding diaryl/α,β-unsaturated/α-hetero) is 1. The van der Waals surface area contributed by atoms with Crippen LogP contribution in [0.5, 0.6) is 0 Å². The van der Waals surface area contributed by atoms with E-state index >= 15 is 0 Å². The zero-order valence-electron chi connectivity index (χ0n) is 11.4. The molecule has 2 aromatic rings. The van der Waals surface area contributed by atoms with Crippen molar-refractivity contribution in [3.63, 3.8) is 0 Å². The number of para-hydroxylation sites is 1. The van der Waals surface area contributed by atoms with Crippen LogP contribution in [-0.4, -0.2) is 23.1 Å². The minimum absolute atomic E-state index is 0.218. The summed E-state index contributed by atoms with van der Waals surface area (Å²) < 4.78 is 4.92. The summed E-state index contributed by atoms with van der Waals surface area (Å²) in [7, 11) is 0. The molecule has 0 saturated carbocycles. The number of amides is 1. The van der Waals surface area contributed by atoms with Crippen molar-refractivity contribution in [3.8, 4) is 0 Å². The normalized spacial score (nSPS) is 16.6. The van der Waals surface area contributed by atoms with Crippen molar-refractivity contribution < 1.29 is 14.1 Å². The Labute approximate surface area is 120 Å². The number of nitrogens with zero attached hydrogens (tertiary/aromatic N) is 2. The largest absolute Gasteiger partial charge is 0.361 e. The van der Waals surface area contributed by atoms with Gasteiger partial charge in [0.2, 0.25) is 5.91 Å². The van der Waals surface area contributed by atoms with Gasteiger partial charge in [-0.15, -0.1) is 0 Å². The zero-order valence-corrected chi connectivity index (χ0v) is 11.4. The van der Waals surface area contributed by atoms with E-state index in [1.54, 1.807) is 37.3 Å². The molecule has 21 heavy (non-hydrogen) atoms. The van der Waals surface area contributed by atoms with Crippen LogP contribution in [-0.2, 0) is 11.3 Å². The predicted octanol–water partition coefficient (Wildman–Crippen LogP) is 1.81. The van der Waals surface area contributed by atoms with Crippen LogP contribution >= 0.6 is 0 Å². The molecule has 1 aliphatic rings. The van der Waals surface area contributed by atoms with Gasteiger partial charge in [-0.1, -0.05) is 17.3 Å². The third-order valence-electron chi connectivity index (χ3n) is 3.22. The minimum Gasteiger partial charge on any atom is -0.361 e. The molecule has 1 atom stereocenters. The highest BCUT2D eigenvalue weighted by Crippen LogP contribution is 2.25. The van der Waals surface area contributed by atoms with Gasteiger partial charge in [-0.05, 0) is 19.1 Å². The number of fused-ring (bicyclic) bond motifs is 1. The van der Waals surface area contributed by atoms with Crippen molar-refractivity contribution in [1.82, 2.24) is 10.5 Å². The van der Waals surface area contributed by atoms with Crippen LogP contribution in [0, 0.1) is 12.8 Å². The van der Waals surface area contributed by atoms with E-state index in [1.165, 1.54) is 6.21 Å². The molecule has 0 aliphatic carbocycles. The van der Waals surface area contributed by atoms with Gasteiger partial charge in [0.05, 0.1) is 12.2 Å². The number of aromatic nitrogens is 1. The second-order valence-corrected chi connectivity index (χ2v) is 4.78. The highest BCUT2D eigenvalue weighted by Gasteiger charge is 2.30. The Bertz CT molecular complexity index is 733. The summed E-state index contributed by atoms with van der Waals surface area (Å²) in [5.41, 5.74) is 1.68. The first-order valence-electron chi connectivity index (χ1n) is 6.52. The number of carbonyl (C=O) groups excluding carboxylic acids is 2. The molecule has 0 spiro atoms. The third-order valence-corrected chi connectivity index (χ3v) is 3.22. The van der Waals surface area contributed by atoms with Crippen LogP contribution < -0.4 is 5.32 Å². The average Bonchev–Trinajstić information content (AvgIpc) is 2.91. The maximum absolute atomic E-state index is 12.3.